The summed E-state index contributed by atoms with van der Waals surface area (Å²) in [6.45, 7) is 4.22. The van der Waals surface area contributed by atoms with Gasteiger partial charge in [0.05, 0.1) is 5.56 Å². The molecule has 1 saturated carbocycles. The van der Waals surface area contributed by atoms with Crippen molar-refractivity contribution in [1.82, 2.24) is 0 Å². The Labute approximate surface area is 127 Å². The van der Waals surface area contributed by atoms with E-state index in [2.05, 4.69) is 6.92 Å². The average Bonchev–Trinajstić information content (AvgIpc) is 2.52. The summed E-state index contributed by atoms with van der Waals surface area (Å²) >= 11 is 0. The molecule has 0 N–H and O–H groups in total. The first-order valence-corrected chi connectivity index (χ1v) is 8.13. The molecule has 0 heterocycles. The Kier molecular flexibility index (Phi) is 6.24. The average molecular weight is 290 g/mol. The Morgan fingerprint density at radius 2 is 1.81 bits per heavy atom. The van der Waals surface area contributed by atoms with E-state index in [9.17, 15) is 4.79 Å². The van der Waals surface area contributed by atoms with Gasteiger partial charge in [0.2, 0.25) is 0 Å². The molecule has 21 heavy (non-hydrogen) atoms. The van der Waals surface area contributed by atoms with Crippen LogP contribution in [-0.4, -0.2) is 12.1 Å². The van der Waals surface area contributed by atoms with Crippen LogP contribution in [0.15, 0.2) is 24.3 Å². The maximum atomic E-state index is 11.9. The monoisotopic (exact) mass is 290 g/mol. The number of hydrogen-bond donors (Lipinski definition) is 0. The number of rotatable bonds is 6. The van der Waals surface area contributed by atoms with E-state index in [0.29, 0.717) is 5.56 Å². The van der Waals surface area contributed by atoms with Crippen molar-refractivity contribution in [3.8, 4) is 0 Å². The van der Waals surface area contributed by atoms with Gasteiger partial charge < -0.3 is 0 Å². The van der Waals surface area contributed by atoms with Crippen molar-refractivity contribution in [2.24, 2.45) is 5.92 Å². The zero-order valence-corrected chi connectivity index (χ0v) is 13.1. The Bertz CT molecular complexity index is 430. The summed E-state index contributed by atoms with van der Waals surface area (Å²) in [7, 11) is 0. The zero-order chi connectivity index (χ0) is 15.1. The highest BCUT2D eigenvalue weighted by atomic mass is 17.2. The van der Waals surface area contributed by atoms with Crippen LogP contribution in [0.5, 0.6) is 0 Å². The number of carbonyl (C=O) groups is 1. The van der Waals surface area contributed by atoms with Gasteiger partial charge in [-0.25, -0.2) is 4.79 Å². The molecule has 0 atom stereocenters. The van der Waals surface area contributed by atoms with Crippen LogP contribution in [0, 0.1) is 12.8 Å². The van der Waals surface area contributed by atoms with Crippen LogP contribution in [0.2, 0.25) is 0 Å². The third-order valence-corrected chi connectivity index (χ3v) is 4.31. The van der Waals surface area contributed by atoms with E-state index < -0.39 is 5.97 Å². The van der Waals surface area contributed by atoms with Crippen LogP contribution in [0.25, 0.3) is 0 Å². The van der Waals surface area contributed by atoms with Gasteiger partial charge in [0, 0.05) is 0 Å². The molecule has 1 aliphatic carbocycles. The van der Waals surface area contributed by atoms with Crippen molar-refractivity contribution >= 4 is 5.97 Å². The quantitative estimate of drug-likeness (QED) is 0.556. The summed E-state index contributed by atoms with van der Waals surface area (Å²) < 4.78 is 0. The highest BCUT2D eigenvalue weighted by Gasteiger charge is 2.23. The molecule has 0 bridgehead atoms. The number of carbonyl (C=O) groups excluding carboxylic acids is 1. The third-order valence-electron chi connectivity index (χ3n) is 4.31. The van der Waals surface area contributed by atoms with Gasteiger partial charge in [-0.2, -0.15) is 4.89 Å². The van der Waals surface area contributed by atoms with Gasteiger partial charge in [0.15, 0.2) is 0 Å². The molecule has 116 valence electrons. The normalized spacial score (nSPS) is 22.0. The van der Waals surface area contributed by atoms with Crippen LogP contribution in [0.1, 0.15) is 67.8 Å². The minimum Gasteiger partial charge on any atom is -0.293 e. The lowest BCUT2D eigenvalue weighted by Crippen LogP contribution is -2.23. The minimum atomic E-state index is -0.400. The first kappa shape index (κ1) is 16.0. The Balaban J connectivity index is 1.69. The lowest BCUT2D eigenvalue weighted by molar-refractivity contribution is -0.280. The molecule has 1 fully saturated rings. The summed E-state index contributed by atoms with van der Waals surface area (Å²) in [5.41, 5.74) is 1.66. The van der Waals surface area contributed by atoms with Gasteiger partial charge in [-0.3, -0.25) is 4.89 Å². The third kappa shape index (κ3) is 5.16. The van der Waals surface area contributed by atoms with E-state index in [0.717, 1.165) is 24.3 Å². The van der Waals surface area contributed by atoms with Gasteiger partial charge in [0.1, 0.15) is 6.10 Å². The van der Waals surface area contributed by atoms with Crippen LogP contribution >= 0.6 is 0 Å². The van der Waals surface area contributed by atoms with Gasteiger partial charge >= 0.3 is 5.97 Å². The van der Waals surface area contributed by atoms with E-state index in [4.69, 9.17) is 9.78 Å². The largest absolute Gasteiger partial charge is 0.373 e. The second-order valence-corrected chi connectivity index (χ2v) is 6.12. The maximum Gasteiger partial charge on any atom is 0.373 e. The van der Waals surface area contributed by atoms with Crippen molar-refractivity contribution in [1.29, 1.82) is 0 Å². The molecule has 0 spiro atoms. The standard InChI is InChI=1S/C18H26O3/c1-3-4-5-15-8-12-17(13-9-15)20-21-18(19)16-10-6-14(2)7-11-16/h6-7,10-11,15,17H,3-5,8-9,12-13H2,1-2H3. The fourth-order valence-electron chi connectivity index (χ4n) is 2.86. The molecule has 0 amide bonds. The van der Waals surface area contributed by atoms with Gasteiger partial charge in [-0.05, 0) is 50.7 Å². The van der Waals surface area contributed by atoms with E-state index in [1.165, 1.54) is 32.1 Å². The molecule has 3 nitrogen and oxygen atoms in total. The van der Waals surface area contributed by atoms with Crippen molar-refractivity contribution in [3.05, 3.63) is 35.4 Å². The Hall–Kier alpha value is -1.35. The van der Waals surface area contributed by atoms with E-state index in [1.807, 2.05) is 19.1 Å². The van der Waals surface area contributed by atoms with Crippen LogP contribution in [0.4, 0.5) is 0 Å². The predicted octanol–water partition coefficient (Wildman–Crippen LogP) is 4.83. The lowest BCUT2D eigenvalue weighted by atomic mass is 9.84. The van der Waals surface area contributed by atoms with Crippen LogP contribution in [-0.2, 0) is 9.78 Å². The molecule has 0 aromatic heterocycles. The van der Waals surface area contributed by atoms with Crippen molar-refractivity contribution in [2.45, 2.75) is 64.9 Å². The molecule has 3 heteroatoms. The first-order valence-electron chi connectivity index (χ1n) is 8.13. The van der Waals surface area contributed by atoms with Crippen molar-refractivity contribution < 1.29 is 14.6 Å². The second-order valence-electron chi connectivity index (χ2n) is 6.12. The van der Waals surface area contributed by atoms with E-state index in [1.54, 1.807) is 12.1 Å². The summed E-state index contributed by atoms with van der Waals surface area (Å²) in [4.78, 5) is 22.2. The Morgan fingerprint density at radius 1 is 1.14 bits per heavy atom. The summed E-state index contributed by atoms with van der Waals surface area (Å²) in [5.74, 6) is 0.431. The minimum absolute atomic E-state index is 0.0669. The molecule has 0 saturated heterocycles. The molecule has 1 aliphatic rings. The molecule has 0 aliphatic heterocycles. The molecular weight excluding hydrogens is 264 g/mol. The van der Waals surface area contributed by atoms with Gasteiger partial charge in [-0.1, -0.05) is 43.9 Å². The highest BCUT2D eigenvalue weighted by molar-refractivity contribution is 5.88. The zero-order valence-electron chi connectivity index (χ0n) is 13.1. The summed E-state index contributed by atoms with van der Waals surface area (Å²) in [6.07, 6.45) is 8.34. The summed E-state index contributed by atoms with van der Waals surface area (Å²) in [5, 5.41) is 0. The smallest absolute Gasteiger partial charge is 0.293 e. The van der Waals surface area contributed by atoms with Crippen LogP contribution < -0.4 is 0 Å². The molecule has 1 aromatic carbocycles. The molecular formula is C18H26O3. The van der Waals surface area contributed by atoms with Gasteiger partial charge in [-0.15, -0.1) is 0 Å². The number of benzene rings is 1. The number of aryl methyl sites for hydroxylation is 1. The molecule has 0 radical (unpaired) electrons. The number of hydrogen-bond acceptors (Lipinski definition) is 3. The number of unbranched alkanes of at least 4 members (excludes halogenated alkanes) is 1. The lowest BCUT2D eigenvalue weighted by Gasteiger charge is -2.27. The van der Waals surface area contributed by atoms with Crippen molar-refractivity contribution in [3.63, 3.8) is 0 Å². The maximum absolute atomic E-state index is 11.9. The van der Waals surface area contributed by atoms with Gasteiger partial charge in [0.25, 0.3) is 0 Å². The molecule has 1 aromatic rings. The molecule has 0 unspecified atom stereocenters. The van der Waals surface area contributed by atoms with Crippen molar-refractivity contribution in [2.75, 3.05) is 0 Å². The topological polar surface area (TPSA) is 35.5 Å². The Morgan fingerprint density at radius 3 is 2.43 bits per heavy atom. The molecule has 2 rings (SSSR count). The second kappa shape index (κ2) is 8.18. The first-order chi connectivity index (χ1) is 10.2. The van der Waals surface area contributed by atoms with E-state index >= 15 is 0 Å². The van der Waals surface area contributed by atoms with E-state index in [-0.39, 0.29) is 6.10 Å². The summed E-state index contributed by atoms with van der Waals surface area (Å²) in [6, 6.07) is 7.33. The fourth-order valence-corrected chi connectivity index (χ4v) is 2.86. The van der Waals surface area contributed by atoms with Crippen LogP contribution in [0.3, 0.4) is 0 Å². The highest BCUT2D eigenvalue weighted by Crippen LogP contribution is 2.29. The fraction of sp³-hybridized carbons (Fsp3) is 0.611. The SMILES string of the molecule is CCCCC1CCC(OOC(=O)c2ccc(C)cc2)CC1. The predicted molar refractivity (Wildman–Crippen MR) is 83.0 cm³/mol.